The Hall–Kier alpha value is -2.50. The van der Waals surface area contributed by atoms with Gasteiger partial charge in [-0.1, -0.05) is 18.2 Å². The quantitative estimate of drug-likeness (QED) is 0.853. The molecule has 0 unspecified atom stereocenters. The number of halogens is 1. The van der Waals surface area contributed by atoms with E-state index in [2.05, 4.69) is 15.5 Å². The van der Waals surface area contributed by atoms with Crippen LogP contribution < -0.4 is 5.32 Å². The molecule has 1 aromatic carbocycles. The van der Waals surface area contributed by atoms with Crippen LogP contribution in [-0.2, 0) is 6.42 Å². The molecular formula is C17H21FN4O. The predicted octanol–water partition coefficient (Wildman–Crippen LogP) is 2.75. The molecule has 1 N–H and O–H groups in total. The summed E-state index contributed by atoms with van der Waals surface area (Å²) in [7, 11) is 0. The Morgan fingerprint density at radius 1 is 1.13 bits per heavy atom. The van der Waals surface area contributed by atoms with Gasteiger partial charge in [-0.15, -0.1) is 10.2 Å². The van der Waals surface area contributed by atoms with Crippen molar-refractivity contribution in [3.8, 4) is 0 Å². The standard InChI is InChI=1S/C17H21FN4O/c1-3-22(4-2)17(23)15-9-10-16(21-20-15)19-12-11-13-7-5-6-8-14(13)18/h5-10H,3-4,11-12H2,1-2H3,(H,19,21). The molecule has 0 saturated heterocycles. The minimum absolute atomic E-state index is 0.125. The van der Waals surface area contributed by atoms with Gasteiger partial charge >= 0.3 is 0 Å². The number of carbonyl (C=O) groups is 1. The first-order valence-electron chi connectivity index (χ1n) is 7.76. The normalized spacial score (nSPS) is 10.4. The monoisotopic (exact) mass is 316 g/mol. The summed E-state index contributed by atoms with van der Waals surface area (Å²) in [6, 6.07) is 10.1. The highest BCUT2D eigenvalue weighted by Crippen LogP contribution is 2.09. The smallest absolute Gasteiger partial charge is 0.274 e. The van der Waals surface area contributed by atoms with Gasteiger partial charge in [0.05, 0.1) is 0 Å². The van der Waals surface area contributed by atoms with E-state index >= 15 is 0 Å². The van der Waals surface area contributed by atoms with Gasteiger partial charge in [-0.05, 0) is 44.0 Å². The number of benzene rings is 1. The molecule has 0 fully saturated rings. The number of hydrogen-bond donors (Lipinski definition) is 1. The lowest BCUT2D eigenvalue weighted by molar-refractivity contribution is 0.0766. The Kier molecular flexibility index (Phi) is 6.02. The second kappa shape index (κ2) is 8.22. The lowest BCUT2D eigenvalue weighted by Gasteiger charge is -2.17. The minimum Gasteiger partial charge on any atom is -0.368 e. The van der Waals surface area contributed by atoms with Gasteiger partial charge < -0.3 is 10.2 Å². The number of rotatable bonds is 7. The lowest BCUT2D eigenvalue weighted by atomic mass is 10.1. The fourth-order valence-corrected chi connectivity index (χ4v) is 2.24. The Bertz CT molecular complexity index is 641. The van der Waals surface area contributed by atoms with Gasteiger partial charge in [-0.3, -0.25) is 4.79 Å². The Morgan fingerprint density at radius 3 is 2.48 bits per heavy atom. The van der Waals surface area contributed by atoms with Crippen LogP contribution in [0.5, 0.6) is 0 Å². The van der Waals surface area contributed by atoms with Gasteiger partial charge in [-0.25, -0.2) is 4.39 Å². The van der Waals surface area contributed by atoms with Gasteiger partial charge in [0.2, 0.25) is 0 Å². The van der Waals surface area contributed by atoms with E-state index < -0.39 is 0 Å². The summed E-state index contributed by atoms with van der Waals surface area (Å²) in [6.07, 6.45) is 0.550. The topological polar surface area (TPSA) is 58.1 Å². The molecule has 0 radical (unpaired) electrons. The third-order valence-electron chi connectivity index (χ3n) is 3.59. The molecule has 1 heterocycles. The van der Waals surface area contributed by atoms with Crippen molar-refractivity contribution in [3.05, 3.63) is 53.5 Å². The van der Waals surface area contributed by atoms with Gasteiger partial charge in [0.1, 0.15) is 11.6 Å². The first-order chi connectivity index (χ1) is 11.2. The van der Waals surface area contributed by atoms with Crippen LogP contribution in [0.3, 0.4) is 0 Å². The molecule has 1 aromatic heterocycles. The summed E-state index contributed by atoms with van der Waals surface area (Å²) in [5.41, 5.74) is 0.981. The molecule has 0 saturated carbocycles. The zero-order valence-corrected chi connectivity index (χ0v) is 13.4. The van der Waals surface area contributed by atoms with Crippen molar-refractivity contribution >= 4 is 11.7 Å². The molecule has 2 rings (SSSR count). The van der Waals surface area contributed by atoms with Crippen LogP contribution in [0.25, 0.3) is 0 Å². The van der Waals surface area contributed by atoms with Crippen molar-refractivity contribution in [2.75, 3.05) is 25.0 Å². The highest BCUT2D eigenvalue weighted by Gasteiger charge is 2.14. The van der Waals surface area contributed by atoms with Crippen LogP contribution >= 0.6 is 0 Å². The third kappa shape index (κ3) is 4.48. The molecule has 0 aliphatic carbocycles. The Balaban J connectivity index is 1.90. The summed E-state index contributed by atoms with van der Waals surface area (Å²) < 4.78 is 13.5. The number of anilines is 1. The molecule has 0 bridgehead atoms. The largest absolute Gasteiger partial charge is 0.368 e. The average Bonchev–Trinajstić information content (AvgIpc) is 2.58. The van der Waals surface area contributed by atoms with Crippen LogP contribution in [0.15, 0.2) is 36.4 Å². The van der Waals surface area contributed by atoms with Crippen molar-refractivity contribution in [2.45, 2.75) is 20.3 Å². The molecule has 6 heteroatoms. The van der Waals surface area contributed by atoms with E-state index in [1.165, 1.54) is 6.07 Å². The Labute approximate surface area is 135 Å². The van der Waals surface area contributed by atoms with Crippen molar-refractivity contribution in [1.29, 1.82) is 0 Å². The molecule has 2 aromatic rings. The number of hydrogen-bond acceptors (Lipinski definition) is 4. The van der Waals surface area contributed by atoms with E-state index in [1.807, 2.05) is 19.9 Å². The highest BCUT2D eigenvalue weighted by atomic mass is 19.1. The molecule has 1 amide bonds. The van der Waals surface area contributed by atoms with E-state index in [0.717, 1.165) is 0 Å². The maximum Gasteiger partial charge on any atom is 0.274 e. The molecule has 0 spiro atoms. The number of amides is 1. The van der Waals surface area contributed by atoms with Gasteiger partial charge in [-0.2, -0.15) is 0 Å². The molecule has 0 aliphatic heterocycles. The number of aromatic nitrogens is 2. The molecule has 23 heavy (non-hydrogen) atoms. The number of nitrogens with one attached hydrogen (secondary N) is 1. The van der Waals surface area contributed by atoms with E-state index in [0.29, 0.717) is 43.1 Å². The van der Waals surface area contributed by atoms with Crippen molar-refractivity contribution in [1.82, 2.24) is 15.1 Å². The lowest BCUT2D eigenvalue weighted by Crippen LogP contribution is -2.31. The summed E-state index contributed by atoms with van der Waals surface area (Å²) in [6.45, 7) is 5.67. The van der Waals surface area contributed by atoms with Gasteiger partial charge in [0, 0.05) is 19.6 Å². The number of nitrogens with zero attached hydrogens (tertiary/aromatic N) is 3. The van der Waals surface area contributed by atoms with Crippen molar-refractivity contribution in [3.63, 3.8) is 0 Å². The summed E-state index contributed by atoms with van der Waals surface area (Å²) in [4.78, 5) is 13.8. The first kappa shape index (κ1) is 16.9. The van der Waals surface area contributed by atoms with Crippen LogP contribution in [0.1, 0.15) is 29.9 Å². The van der Waals surface area contributed by atoms with Crippen LogP contribution in [0.2, 0.25) is 0 Å². The Morgan fingerprint density at radius 2 is 1.87 bits per heavy atom. The molecule has 0 atom stereocenters. The van der Waals surface area contributed by atoms with Crippen LogP contribution in [-0.4, -0.2) is 40.6 Å². The second-order valence-electron chi connectivity index (χ2n) is 5.05. The van der Waals surface area contributed by atoms with E-state index in [-0.39, 0.29) is 11.7 Å². The molecule has 0 aliphatic rings. The van der Waals surface area contributed by atoms with Crippen LogP contribution in [0.4, 0.5) is 10.2 Å². The number of carbonyl (C=O) groups excluding carboxylic acids is 1. The van der Waals surface area contributed by atoms with Crippen LogP contribution in [0, 0.1) is 5.82 Å². The maximum atomic E-state index is 13.5. The van der Waals surface area contributed by atoms with Crippen molar-refractivity contribution in [2.24, 2.45) is 0 Å². The summed E-state index contributed by atoms with van der Waals surface area (Å²) >= 11 is 0. The second-order valence-corrected chi connectivity index (χ2v) is 5.05. The van der Waals surface area contributed by atoms with Gasteiger partial charge in [0.15, 0.2) is 5.69 Å². The summed E-state index contributed by atoms with van der Waals surface area (Å²) in [5.74, 6) is 0.235. The zero-order valence-electron chi connectivity index (χ0n) is 13.4. The first-order valence-corrected chi connectivity index (χ1v) is 7.76. The van der Waals surface area contributed by atoms with E-state index in [9.17, 15) is 9.18 Å². The molecule has 122 valence electrons. The fraction of sp³-hybridized carbons (Fsp3) is 0.353. The molecular weight excluding hydrogens is 295 g/mol. The van der Waals surface area contributed by atoms with Gasteiger partial charge in [0.25, 0.3) is 5.91 Å². The zero-order chi connectivity index (χ0) is 16.7. The minimum atomic E-state index is -0.208. The summed E-state index contributed by atoms with van der Waals surface area (Å²) in [5, 5.41) is 11.0. The fourth-order valence-electron chi connectivity index (χ4n) is 2.24. The van der Waals surface area contributed by atoms with E-state index in [1.54, 1.807) is 29.2 Å². The predicted molar refractivity (Wildman–Crippen MR) is 87.9 cm³/mol. The van der Waals surface area contributed by atoms with E-state index in [4.69, 9.17) is 0 Å². The molecule has 5 nitrogen and oxygen atoms in total. The maximum absolute atomic E-state index is 13.5. The highest BCUT2D eigenvalue weighted by molar-refractivity contribution is 5.92. The third-order valence-corrected chi connectivity index (χ3v) is 3.59. The SMILES string of the molecule is CCN(CC)C(=O)c1ccc(NCCc2ccccc2F)nn1. The van der Waals surface area contributed by atoms with Crippen molar-refractivity contribution < 1.29 is 9.18 Å². The average molecular weight is 316 g/mol.